The third kappa shape index (κ3) is 3.77. The van der Waals surface area contributed by atoms with Gasteiger partial charge < -0.3 is 10.1 Å². The van der Waals surface area contributed by atoms with Gasteiger partial charge in [0.05, 0.1) is 42.5 Å². The molecule has 126 valence electrons. The molecule has 9 heteroatoms. The van der Waals surface area contributed by atoms with Gasteiger partial charge in [-0.1, -0.05) is 0 Å². The summed E-state index contributed by atoms with van der Waals surface area (Å²) in [6, 6.07) is 3.07. The lowest BCUT2D eigenvalue weighted by molar-refractivity contribution is 0.102. The first-order valence-corrected chi connectivity index (χ1v) is 7.80. The summed E-state index contributed by atoms with van der Waals surface area (Å²) >= 11 is 3.34. The molecule has 3 heterocycles. The Balaban J connectivity index is 1.83. The van der Waals surface area contributed by atoms with Crippen molar-refractivity contribution in [3.63, 3.8) is 0 Å². The van der Waals surface area contributed by atoms with Crippen LogP contribution in [-0.4, -0.2) is 33.0 Å². The largest absolute Gasteiger partial charge is 0.481 e. The van der Waals surface area contributed by atoms with Gasteiger partial charge in [0, 0.05) is 16.9 Å². The molecule has 0 aliphatic rings. The summed E-state index contributed by atoms with van der Waals surface area (Å²) in [6.07, 6.45) is 6.74. The number of methoxy groups -OCH3 is 1. The van der Waals surface area contributed by atoms with E-state index in [2.05, 4.69) is 41.2 Å². The minimum absolute atomic E-state index is 0.126. The molecule has 0 aliphatic heterocycles. The van der Waals surface area contributed by atoms with Gasteiger partial charge in [0.15, 0.2) is 11.6 Å². The van der Waals surface area contributed by atoms with Gasteiger partial charge in [-0.25, -0.2) is 14.4 Å². The molecule has 0 fully saturated rings. The first-order chi connectivity index (χ1) is 12.1. The highest BCUT2D eigenvalue weighted by Crippen LogP contribution is 2.28. The van der Waals surface area contributed by atoms with Crippen LogP contribution in [0, 0.1) is 5.82 Å². The van der Waals surface area contributed by atoms with Crippen LogP contribution >= 0.6 is 15.9 Å². The molecule has 0 saturated carbocycles. The average molecular weight is 404 g/mol. The van der Waals surface area contributed by atoms with Gasteiger partial charge >= 0.3 is 0 Å². The van der Waals surface area contributed by atoms with Gasteiger partial charge in [0.2, 0.25) is 5.88 Å². The first-order valence-electron chi connectivity index (χ1n) is 7.01. The fourth-order valence-corrected chi connectivity index (χ4v) is 2.38. The highest BCUT2D eigenvalue weighted by Gasteiger charge is 2.14. The van der Waals surface area contributed by atoms with Gasteiger partial charge in [-0.15, -0.1) is 0 Å². The Morgan fingerprint density at radius 1 is 1.20 bits per heavy atom. The maximum absolute atomic E-state index is 13.6. The van der Waals surface area contributed by atoms with Crippen molar-refractivity contribution >= 4 is 27.7 Å². The van der Waals surface area contributed by atoms with Gasteiger partial charge in [-0.2, -0.15) is 0 Å². The zero-order chi connectivity index (χ0) is 17.8. The lowest BCUT2D eigenvalue weighted by atomic mass is 10.2. The van der Waals surface area contributed by atoms with Crippen molar-refractivity contribution in [1.82, 2.24) is 19.9 Å². The fraction of sp³-hybridized carbons (Fsp3) is 0.0625. The number of pyridine rings is 2. The Bertz CT molecular complexity index is 921. The molecule has 3 aromatic heterocycles. The van der Waals surface area contributed by atoms with E-state index in [0.717, 1.165) is 10.7 Å². The van der Waals surface area contributed by atoms with Crippen LogP contribution in [0.2, 0.25) is 0 Å². The predicted molar refractivity (Wildman–Crippen MR) is 91.7 cm³/mol. The van der Waals surface area contributed by atoms with Crippen LogP contribution in [-0.2, 0) is 0 Å². The minimum atomic E-state index is -0.713. The van der Waals surface area contributed by atoms with Gasteiger partial charge in [0.25, 0.3) is 5.91 Å². The summed E-state index contributed by atoms with van der Waals surface area (Å²) in [6.45, 7) is 0. The number of amides is 1. The number of nitrogens with zero attached hydrogens (tertiary/aromatic N) is 4. The maximum atomic E-state index is 13.6. The Hall–Kier alpha value is -2.94. The molecule has 0 aromatic carbocycles. The monoisotopic (exact) mass is 403 g/mol. The van der Waals surface area contributed by atoms with E-state index in [4.69, 9.17) is 4.74 Å². The van der Waals surface area contributed by atoms with Crippen molar-refractivity contribution in [3.8, 4) is 17.1 Å². The van der Waals surface area contributed by atoms with Gasteiger partial charge in [0.1, 0.15) is 0 Å². The number of nitrogens with one attached hydrogen (secondary N) is 1. The average Bonchev–Trinajstić information content (AvgIpc) is 2.62. The fourth-order valence-electron chi connectivity index (χ4n) is 2.05. The highest BCUT2D eigenvalue weighted by atomic mass is 79.9. The van der Waals surface area contributed by atoms with Crippen LogP contribution in [0.25, 0.3) is 11.3 Å². The molecule has 3 rings (SSSR count). The summed E-state index contributed by atoms with van der Waals surface area (Å²) in [4.78, 5) is 28.2. The number of aromatic nitrogens is 4. The highest BCUT2D eigenvalue weighted by molar-refractivity contribution is 9.10. The van der Waals surface area contributed by atoms with E-state index >= 15 is 0 Å². The molecule has 0 bridgehead atoms. The van der Waals surface area contributed by atoms with E-state index in [0.29, 0.717) is 17.1 Å². The van der Waals surface area contributed by atoms with Crippen LogP contribution in [0.1, 0.15) is 10.4 Å². The van der Waals surface area contributed by atoms with Crippen molar-refractivity contribution in [2.24, 2.45) is 0 Å². The third-order valence-electron chi connectivity index (χ3n) is 3.20. The number of anilines is 1. The third-order valence-corrected chi connectivity index (χ3v) is 3.63. The molecule has 0 unspecified atom stereocenters. The topological polar surface area (TPSA) is 89.9 Å². The van der Waals surface area contributed by atoms with Crippen LogP contribution in [0.4, 0.5) is 10.2 Å². The van der Waals surface area contributed by atoms with Crippen molar-refractivity contribution in [3.05, 3.63) is 59.0 Å². The second-order valence-electron chi connectivity index (χ2n) is 4.81. The van der Waals surface area contributed by atoms with Gasteiger partial charge in [-0.05, 0) is 28.1 Å². The normalized spacial score (nSPS) is 10.4. The smallest absolute Gasteiger partial charge is 0.259 e. The number of ether oxygens (including phenoxy) is 1. The lowest BCUT2D eigenvalue weighted by Gasteiger charge is -2.08. The quantitative estimate of drug-likeness (QED) is 0.719. The van der Waals surface area contributed by atoms with Gasteiger partial charge in [-0.3, -0.25) is 14.8 Å². The Morgan fingerprint density at radius 2 is 2.04 bits per heavy atom. The number of halogens is 2. The number of rotatable bonds is 4. The summed E-state index contributed by atoms with van der Waals surface area (Å²) in [7, 11) is 1.50. The molecular formula is C16H11BrFN5O2. The summed E-state index contributed by atoms with van der Waals surface area (Å²) in [5.41, 5.74) is 1.03. The predicted octanol–water partition coefficient (Wildman–Crippen LogP) is 3.10. The Labute approximate surface area is 150 Å². The number of hydrogen-bond donors (Lipinski definition) is 1. The van der Waals surface area contributed by atoms with Crippen molar-refractivity contribution in [2.75, 3.05) is 12.4 Å². The van der Waals surface area contributed by atoms with Crippen LogP contribution < -0.4 is 10.1 Å². The maximum Gasteiger partial charge on any atom is 0.259 e. The standard InChI is InChI=1S/C16H11BrFN5O2/c1-25-16-11(4-9(17)5-22-16)13-7-21-14(8-20-13)23-15(24)10-2-3-19-6-12(10)18/h2-8H,1H3,(H,21,23,24). The molecular weight excluding hydrogens is 393 g/mol. The summed E-state index contributed by atoms with van der Waals surface area (Å²) in [5.74, 6) is -0.766. The van der Waals surface area contributed by atoms with Crippen molar-refractivity contribution in [1.29, 1.82) is 0 Å². The number of carbonyl (C=O) groups excluding carboxylic acids is 1. The van der Waals surface area contributed by atoms with E-state index < -0.39 is 11.7 Å². The van der Waals surface area contributed by atoms with E-state index in [1.54, 1.807) is 12.3 Å². The molecule has 0 atom stereocenters. The molecule has 3 aromatic rings. The number of carbonyl (C=O) groups is 1. The van der Waals surface area contributed by atoms with Crippen LogP contribution in [0.3, 0.4) is 0 Å². The van der Waals surface area contributed by atoms with E-state index in [1.807, 2.05) is 0 Å². The summed E-state index contributed by atoms with van der Waals surface area (Å²) in [5, 5.41) is 2.48. The molecule has 0 spiro atoms. The summed E-state index contributed by atoms with van der Waals surface area (Å²) < 4.78 is 19.5. The molecule has 0 aliphatic carbocycles. The Kier molecular flexibility index (Phi) is 4.94. The zero-order valence-electron chi connectivity index (χ0n) is 12.9. The van der Waals surface area contributed by atoms with Crippen molar-refractivity contribution < 1.29 is 13.9 Å². The van der Waals surface area contributed by atoms with Crippen LogP contribution in [0.15, 0.2) is 47.6 Å². The number of hydrogen-bond acceptors (Lipinski definition) is 6. The van der Waals surface area contributed by atoms with E-state index in [1.165, 1.54) is 31.8 Å². The SMILES string of the molecule is COc1ncc(Br)cc1-c1cnc(NC(=O)c2ccncc2F)cn1. The Morgan fingerprint density at radius 3 is 2.72 bits per heavy atom. The second kappa shape index (κ2) is 7.31. The van der Waals surface area contributed by atoms with Crippen molar-refractivity contribution in [2.45, 2.75) is 0 Å². The van der Waals surface area contributed by atoms with E-state index in [-0.39, 0.29) is 11.4 Å². The molecule has 0 saturated heterocycles. The molecule has 1 N–H and O–H groups in total. The van der Waals surface area contributed by atoms with Crippen LogP contribution in [0.5, 0.6) is 5.88 Å². The minimum Gasteiger partial charge on any atom is -0.481 e. The zero-order valence-corrected chi connectivity index (χ0v) is 14.5. The molecule has 0 radical (unpaired) electrons. The first kappa shape index (κ1) is 16.9. The molecule has 1 amide bonds. The lowest BCUT2D eigenvalue weighted by Crippen LogP contribution is -2.15. The molecule has 25 heavy (non-hydrogen) atoms. The second-order valence-corrected chi connectivity index (χ2v) is 5.72. The van der Waals surface area contributed by atoms with E-state index in [9.17, 15) is 9.18 Å². The molecule has 7 nitrogen and oxygen atoms in total.